The number of carbonyl (C=O) groups excluding carboxylic acids is 2. The van der Waals surface area contributed by atoms with Crippen LogP contribution < -0.4 is 0 Å². The number of carbonyl (C=O) groups is 2. The molecule has 0 N–H and O–H groups in total. The third-order valence-corrected chi connectivity index (χ3v) is 3.98. The molecule has 0 aromatic heterocycles. The Kier molecular flexibility index (Phi) is 4.75. The van der Waals surface area contributed by atoms with E-state index in [1.807, 2.05) is 0 Å². The molecular weight excluding hydrogens is 280 g/mol. The van der Waals surface area contributed by atoms with E-state index in [-0.39, 0.29) is 22.7 Å². The quantitative estimate of drug-likeness (QED) is 0.392. The lowest BCUT2D eigenvalue weighted by Gasteiger charge is -2.07. The van der Waals surface area contributed by atoms with Gasteiger partial charge in [-0.3, -0.25) is 9.59 Å². The van der Waals surface area contributed by atoms with Crippen LogP contribution in [0.4, 0.5) is 0 Å². The van der Waals surface area contributed by atoms with Gasteiger partial charge in [0.25, 0.3) is 0 Å². The molecule has 0 aromatic carbocycles. The molecule has 0 fully saturated rings. The first-order valence-corrected chi connectivity index (χ1v) is 13.6. The molecule has 2 nitrogen and oxygen atoms in total. The molecule has 0 heterocycles. The second kappa shape index (κ2) is 5.79. The number of rotatable bonds is 0. The van der Waals surface area contributed by atoms with Crippen LogP contribution in [0.25, 0.3) is 0 Å². The summed E-state index contributed by atoms with van der Waals surface area (Å²) in [6, 6.07) is 0. The molecule has 1 aliphatic rings. The van der Waals surface area contributed by atoms with E-state index in [1.165, 1.54) is 12.2 Å². The highest BCUT2D eigenvalue weighted by molar-refractivity contribution is 6.84. The lowest BCUT2D eigenvalue weighted by molar-refractivity contribution is -0.114. The summed E-state index contributed by atoms with van der Waals surface area (Å²) >= 11 is 0. The van der Waals surface area contributed by atoms with Crippen molar-refractivity contribution in [1.82, 2.24) is 0 Å². The monoisotopic (exact) mass is 300 g/mol. The molecule has 4 heteroatoms. The highest BCUT2D eigenvalue weighted by Crippen LogP contribution is 2.12. The highest BCUT2D eigenvalue weighted by Gasteiger charge is 2.19. The van der Waals surface area contributed by atoms with E-state index in [9.17, 15) is 9.59 Å². The van der Waals surface area contributed by atoms with Crippen molar-refractivity contribution in [3.63, 3.8) is 0 Å². The molecule has 0 spiro atoms. The van der Waals surface area contributed by atoms with Gasteiger partial charge in [-0.2, -0.15) is 0 Å². The largest absolute Gasteiger partial charge is 0.289 e. The molecule has 0 amide bonds. The van der Waals surface area contributed by atoms with Crippen LogP contribution in [0.2, 0.25) is 39.3 Å². The van der Waals surface area contributed by atoms with E-state index < -0.39 is 16.1 Å². The van der Waals surface area contributed by atoms with Crippen LogP contribution in [-0.2, 0) is 9.59 Å². The fourth-order valence-corrected chi connectivity index (χ4v) is 2.28. The van der Waals surface area contributed by atoms with Gasteiger partial charge < -0.3 is 0 Å². The van der Waals surface area contributed by atoms with Crippen molar-refractivity contribution in [2.45, 2.75) is 39.3 Å². The maximum Gasteiger partial charge on any atom is 0.195 e. The van der Waals surface area contributed by atoms with Crippen LogP contribution in [0, 0.1) is 22.9 Å². The summed E-state index contributed by atoms with van der Waals surface area (Å²) < 4.78 is 0. The Bertz CT molecular complexity index is 572. The Balaban J connectivity index is 3.03. The van der Waals surface area contributed by atoms with Crippen LogP contribution in [-0.4, -0.2) is 27.7 Å². The molecule has 0 saturated carbocycles. The van der Waals surface area contributed by atoms with Gasteiger partial charge in [-0.25, -0.2) is 0 Å². The Morgan fingerprint density at radius 2 is 1.00 bits per heavy atom. The Hall–Kier alpha value is -1.63. The second-order valence-corrected chi connectivity index (χ2v) is 16.3. The SMILES string of the molecule is C[Si](C)(C)C#CC1=CC(=O)C(C#C[Si](C)(C)C)=CC1=O. The van der Waals surface area contributed by atoms with Gasteiger partial charge in [0.05, 0.1) is 11.1 Å². The molecule has 104 valence electrons. The number of ketones is 2. The van der Waals surface area contributed by atoms with Crippen LogP contribution in [0.5, 0.6) is 0 Å². The zero-order valence-corrected chi connectivity index (χ0v) is 15.0. The Labute approximate surface area is 123 Å². The van der Waals surface area contributed by atoms with Crippen molar-refractivity contribution < 1.29 is 9.59 Å². The Morgan fingerprint density at radius 3 is 1.25 bits per heavy atom. The zero-order chi connectivity index (χ0) is 15.6. The molecule has 0 bridgehead atoms. The number of allylic oxidation sites excluding steroid dienone is 4. The van der Waals surface area contributed by atoms with E-state index in [0.717, 1.165) is 0 Å². The third-order valence-electron chi connectivity index (χ3n) is 2.23. The van der Waals surface area contributed by atoms with Gasteiger partial charge in [0.1, 0.15) is 16.1 Å². The van der Waals surface area contributed by atoms with Crippen molar-refractivity contribution in [2.75, 3.05) is 0 Å². The number of hydrogen-bond donors (Lipinski definition) is 0. The molecule has 1 rings (SSSR count). The summed E-state index contributed by atoms with van der Waals surface area (Å²) in [6.07, 6.45) is 2.65. The van der Waals surface area contributed by atoms with Crippen molar-refractivity contribution in [3.05, 3.63) is 23.3 Å². The van der Waals surface area contributed by atoms with Crippen LogP contribution in [0.1, 0.15) is 0 Å². The van der Waals surface area contributed by atoms with Crippen LogP contribution >= 0.6 is 0 Å². The van der Waals surface area contributed by atoms with Crippen molar-refractivity contribution in [2.24, 2.45) is 0 Å². The minimum Gasteiger partial charge on any atom is -0.289 e. The normalized spacial score (nSPS) is 15.5. The molecule has 0 atom stereocenters. The summed E-state index contributed by atoms with van der Waals surface area (Å²) in [5, 5.41) is 0. The highest BCUT2D eigenvalue weighted by atomic mass is 28.3. The minimum atomic E-state index is -1.56. The van der Waals surface area contributed by atoms with E-state index >= 15 is 0 Å². The van der Waals surface area contributed by atoms with E-state index in [2.05, 4.69) is 62.2 Å². The first-order chi connectivity index (χ1) is 8.98. The summed E-state index contributed by atoms with van der Waals surface area (Å²) in [5.74, 6) is 5.28. The first kappa shape index (κ1) is 16.4. The van der Waals surface area contributed by atoms with E-state index in [1.54, 1.807) is 0 Å². The molecule has 0 aromatic rings. The second-order valence-electron chi connectivity index (χ2n) is 6.84. The molecular formula is C16H20O2Si2. The van der Waals surface area contributed by atoms with Crippen LogP contribution in [0.3, 0.4) is 0 Å². The van der Waals surface area contributed by atoms with Gasteiger partial charge in [-0.15, -0.1) is 11.1 Å². The summed E-state index contributed by atoms with van der Waals surface area (Å²) in [6.45, 7) is 12.6. The van der Waals surface area contributed by atoms with E-state index in [4.69, 9.17) is 0 Å². The molecule has 0 radical (unpaired) electrons. The summed E-state index contributed by atoms with van der Waals surface area (Å²) in [5.41, 5.74) is 6.78. The molecule has 1 aliphatic carbocycles. The predicted molar refractivity (Wildman–Crippen MR) is 88.4 cm³/mol. The molecule has 0 unspecified atom stereocenters. The average Bonchev–Trinajstić information content (AvgIpc) is 2.25. The standard InChI is InChI=1S/C16H20O2Si2/c1-19(2,3)9-7-13-11-16(18)14(12-15(13)17)8-10-20(4,5)6/h11-12H,1-6H3. The topological polar surface area (TPSA) is 34.1 Å². The van der Waals surface area contributed by atoms with Crippen molar-refractivity contribution >= 4 is 27.7 Å². The fraction of sp³-hybridized carbons (Fsp3) is 0.375. The van der Waals surface area contributed by atoms with Gasteiger partial charge in [0.15, 0.2) is 11.6 Å². The van der Waals surface area contributed by atoms with Gasteiger partial charge in [0, 0.05) is 12.2 Å². The van der Waals surface area contributed by atoms with Gasteiger partial charge in [0.2, 0.25) is 0 Å². The summed E-state index contributed by atoms with van der Waals surface area (Å²) in [7, 11) is -3.12. The first-order valence-electron chi connectivity index (χ1n) is 6.56. The molecule has 0 aliphatic heterocycles. The fourth-order valence-electron chi connectivity index (χ4n) is 1.26. The third kappa shape index (κ3) is 5.56. The lowest BCUT2D eigenvalue weighted by Crippen LogP contribution is -2.18. The predicted octanol–water partition coefficient (Wildman–Crippen LogP) is 2.75. The van der Waals surface area contributed by atoms with Crippen molar-refractivity contribution in [1.29, 1.82) is 0 Å². The van der Waals surface area contributed by atoms with Gasteiger partial charge in [-0.05, 0) is 0 Å². The molecule has 0 saturated heterocycles. The van der Waals surface area contributed by atoms with Crippen molar-refractivity contribution in [3.8, 4) is 22.9 Å². The Morgan fingerprint density at radius 1 is 0.700 bits per heavy atom. The zero-order valence-electron chi connectivity index (χ0n) is 13.0. The maximum atomic E-state index is 12.0. The van der Waals surface area contributed by atoms with Crippen LogP contribution in [0.15, 0.2) is 23.3 Å². The van der Waals surface area contributed by atoms with E-state index in [0.29, 0.717) is 0 Å². The molecule has 20 heavy (non-hydrogen) atoms. The minimum absolute atomic E-state index is 0.213. The smallest absolute Gasteiger partial charge is 0.195 e. The van der Waals surface area contributed by atoms with Gasteiger partial charge >= 0.3 is 0 Å². The number of hydrogen-bond acceptors (Lipinski definition) is 2. The van der Waals surface area contributed by atoms with Gasteiger partial charge in [-0.1, -0.05) is 51.1 Å². The lowest BCUT2D eigenvalue weighted by atomic mass is 9.98. The maximum absolute atomic E-state index is 12.0. The summed E-state index contributed by atoms with van der Waals surface area (Å²) in [4.78, 5) is 23.9. The average molecular weight is 301 g/mol.